The van der Waals surface area contributed by atoms with Crippen LogP contribution >= 0.6 is 11.3 Å². The molecule has 2 heterocycles. The summed E-state index contributed by atoms with van der Waals surface area (Å²) in [5, 5.41) is 4.24. The first-order chi connectivity index (χ1) is 14.7. The number of carbonyl (C=O) groups excluding carboxylic acids is 1. The van der Waals surface area contributed by atoms with Gasteiger partial charge in [-0.15, -0.1) is 11.3 Å². The van der Waals surface area contributed by atoms with E-state index < -0.39 is 0 Å². The summed E-state index contributed by atoms with van der Waals surface area (Å²) in [6, 6.07) is 22.5. The molecule has 0 unspecified atom stereocenters. The first-order valence-electron chi connectivity index (χ1n) is 9.38. The number of benzene rings is 3. The number of aromatic nitrogens is 3. The fraction of sp³-hybridized carbons (Fsp3) is 0.0435. The Hall–Kier alpha value is -3.84. The van der Waals surface area contributed by atoms with Crippen LogP contribution in [-0.4, -0.2) is 20.4 Å². The Kier molecular flexibility index (Phi) is 4.57. The topological polar surface area (TPSA) is 76.9 Å². The van der Waals surface area contributed by atoms with E-state index in [9.17, 15) is 9.59 Å². The molecule has 7 heteroatoms. The van der Waals surface area contributed by atoms with E-state index in [1.54, 1.807) is 29.5 Å². The fourth-order valence-corrected chi connectivity index (χ4v) is 4.33. The second-order valence-corrected chi connectivity index (χ2v) is 7.81. The van der Waals surface area contributed by atoms with Crippen molar-refractivity contribution in [3.63, 3.8) is 0 Å². The third kappa shape index (κ3) is 3.35. The summed E-state index contributed by atoms with van der Waals surface area (Å²) >= 11 is 1.57. The highest BCUT2D eigenvalue weighted by Crippen LogP contribution is 2.34. The summed E-state index contributed by atoms with van der Waals surface area (Å²) in [6.07, 6.45) is 1.41. The van der Waals surface area contributed by atoms with E-state index in [1.165, 1.54) is 10.9 Å². The second kappa shape index (κ2) is 7.53. The van der Waals surface area contributed by atoms with Crippen molar-refractivity contribution in [1.82, 2.24) is 14.5 Å². The molecule has 0 aliphatic carbocycles. The van der Waals surface area contributed by atoms with Crippen LogP contribution < -0.4 is 10.9 Å². The number of hydrogen-bond acceptors (Lipinski definition) is 5. The zero-order chi connectivity index (χ0) is 20.5. The second-order valence-electron chi connectivity index (χ2n) is 6.78. The Morgan fingerprint density at radius 2 is 1.67 bits per heavy atom. The molecule has 5 aromatic rings. The van der Waals surface area contributed by atoms with Crippen LogP contribution in [-0.2, 0) is 11.3 Å². The van der Waals surface area contributed by atoms with Crippen molar-refractivity contribution in [1.29, 1.82) is 0 Å². The minimum Gasteiger partial charge on any atom is -0.324 e. The van der Waals surface area contributed by atoms with Crippen molar-refractivity contribution >= 4 is 44.1 Å². The summed E-state index contributed by atoms with van der Waals surface area (Å²) in [5.74, 6) is -0.303. The van der Waals surface area contributed by atoms with Crippen LogP contribution in [0.15, 0.2) is 83.9 Å². The van der Waals surface area contributed by atoms with Crippen LogP contribution in [0.3, 0.4) is 0 Å². The van der Waals surface area contributed by atoms with Crippen molar-refractivity contribution in [2.24, 2.45) is 0 Å². The minimum absolute atomic E-state index is 0.120. The average Bonchev–Trinajstić information content (AvgIpc) is 3.20. The van der Waals surface area contributed by atoms with Gasteiger partial charge in [-0.25, -0.2) is 9.97 Å². The van der Waals surface area contributed by atoms with Crippen molar-refractivity contribution in [2.45, 2.75) is 6.54 Å². The van der Waals surface area contributed by atoms with Crippen LogP contribution in [0, 0.1) is 0 Å². The van der Waals surface area contributed by atoms with E-state index in [0.29, 0.717) is 16.6 Å². The highest BCUT2D eigenvalue weighted by molar-refractivity contribution is 7.21. The maximum Gasteiger partial charge on any atom is 0.261 e. The highest BCUT2D eigenvalue weighted by Gasteiger charge is 2.13. The third-order valence-corrected chi connectivity index (χ3v) is 5.84. The zero-order valence-electron chi connectivity index (χ0n) is 15.8. The molecule has 0 saturated carbocycles. The molecule has 0 radical (unpaired) electrons. The maximum absolute atomic E-state index is 12.7. The monoisotopic (exact) mass is 412 g/mol. The molecule has 0 saturated heterocycles. The van der Waals surface area contributed by atoms with Gasteiger partial charge in [-0.05, 0) is 36.4 Å². The van der Waals surface area contributed by atoms with Crippen molar-refractivity contribution < 1.29 is 4.79 Å². The summed E-state index contributed by atoms with van der Waals surface area (Å²) in [7, 11) is 0. The minimum atomic E-state index is -0.303. The first kappa shape index (κ1) is 18.2. The molecule has 6 nitrogen and oxygen atoms in total. The molecule has 2 aromatic heterocycles. The summed E-state index contributed by atoms with van der Waals surface area (Å²) < 4.78 is 2.40. The lowest BCUT2D eigenvalue weighted by molar-refractivity contribution is -0.116. The number of carbonyl (C=O) groups is 1. The molecule has 1 N–H and O–H groups in total. The number of hydrogen-bond donors (Lipinski definition) is 1. The van der Waals surface area contributed by atoms with E-state index in [1.807, 2.05) is 54.6 Å². The SMILES string of the molecule is O=C(Cn1cnc2ccccc2c1=O)Nc1ccccc1-c1nc2ccccc2s1. The Labute approximate surface area is 175 Å². The quantitative estimate of drug-likeness (QED) is 0.477. The van der Waals surface area contributed by atoms with Gasteiger partial charge in [-0.2, -0.15) is 0 Å². The van der Waals surface area contributed by atoms with Gasteiger partial charge in [-0.1, -0.05) is 36.4 Å². The number of thiazole rings is 1. The van der Waals surface area contributed by atoms with Crippen molar-refractivity contribution in [2.75, 3.05) is 5.32 Å². The van der Waals surface area contributed by atoms with Crippen LogP contribution in [0.1, 0.15) is 0 Å². The van der Waals surface area contributed by atoms with Gasteiger partial charge in [0.2, 0.25) is 5.91 Å². The molecule has 0 fully saturated rings. The summed E-state index contributed by atoms with van der Waals surface area (Å²) in [6.45, 7) is -0.120. The van der Waals surface area contributed by atoms with E-state index in [4.69, 9.17) is 0 Å². The molecule has 0 bridgehead atoms. The maximum atomic E-state index is 12.7. The molecular formula is C23H16N4O2S. The number of anilines is 1. The lowest BCUT2D eigenvalue weighted by Crippen LogP contribution is -2.28. The van der Waals surface area contributed by atoms with E-state index in [2.05, 4.69) is 15.3 Å². The Balaban J connectivity index is 1.43. The highest BCUT2D eigenvalue weighted by atomic mass is 32.1. The van der Waals surface area contributed by atoms with Crippen LogP contribution in [0.4, 0.5) is 5.69 Å². The van der Waals surface area contributed by atoms with Crippen molar-refractivity contribution in [3.05, 3.63) is 89.5 Å². The molecule has 3 aromatic carbocycles. The number of rotatable bonds is 4. The third-order valence-electron chi connectivity index (χ3n) is 4.77. The van der Waals surface area contributed by atoms with Gasteiger partial charge < -0.3 is 5.32 Å². The molecular weight excluding hydrogens is 396 g/mol. The van der Waals surface area contributed by atoms with E-state index in [-0.39, 0.29) is 18.0 Å². The number of amides is 1. The summed E-state index contributed by atoms with van der Waals surface area (Å²) in [5.41, 5.74) is 2.79. The summed E-state index contributed by atoms with van der Waals surface area (Å²) in [4.78, 5) is 34.3. The van der Waals surface area contributed by atoms with Crippen LogP contribution in [0.2, 0.25) is 0 Å². The van der Waals surface area contributed by atoms with E-state index >= 15 is 0 Å². The largest absolute Gasteiger partial charge is 0.324 e. The molecule has 0 aliphatic rings. The van der Waals surface area contributed by atoms with Gasteiger partial charge in [0.15, 0.2) is 0 Å². The van der Waals surface area contributed by atoms with Gasteiger partial charge in [0.1, 0.15) is 11.6 Å². The molecule has 0 aliphatic heterocycles. The Morgan fingerprint density at radius 3 is 2.53 bits per heavy atom. The number of nitrogens with one attached hydrogen (secondary N) is 1. The van der Waals surface area contributed by atoms with Gasteiger partial charge in [0.05, 0.1) is 33.1 Å². The van der Waals surface area contributed by atoms with Gasteiger partial charge >= 0.3 is 0 Å². The van der Waals surface area contributed by atoms with Gasteiger partial charge in [-0.3, -0.25) is 14.2 Å². The van der Waals surface area contributed by atoms with Crippen LogP contribution in [0.25, 0.3) is 31.7 Å². The molecule has 146 valence electrons. The number of nitrogens with zero attached hydrogens (tertiary/aromatic N) is 3. The zero-order valence-corrected chi connectivity index (χ0v) is 16.6. The van der Waals surface area contributed by atoms with Gasteiger partial charge in [0, 0.05) is 5.56 Å². The molecule has 5 rings (SSSR count). The first-order valence-corrected chi connectivity index (χ1v) is 10.2. The Bertz CT molecular complexity index is 1420. The lowest BCUT2D eigenvalue weighted by Gasteiger charge is -2.10. The van der Waals surface area contributed by atoms with E-state index in [0.717, 1.165) is 20.8 Å². The van der Waals surface area contributed by atoms with Gasteiger partial charge in [0.25, 0.3) is 5.56 Å². The molecule has 1 amide bonds. The molecule has 30 heavy (non-hydrogen) atoms. The predicted molar refractivity (Wildman–Crippen MR) is 120 cm³/mol. The molecule has 0 spiro atoms. The Morgan fingerprint density at radius 1 is 0.933 bits per heavy atom. The van der Waals surface area contributed by atoms with Crippen molar-refractivity contribution in [3.8, 4) is 10.6 Å². The molecule has 0 atom stereocenters. The number of para-hydroxylation sites is 3. The normalized spacial score (nSPS) is 11.1. The smallest absolute Gasteiger partial charge is 0.261 e. The fourth-order valence-electron chi connectivity index (χ4n) is 3.33. The predicted octanol–water partition coefficient (Wildman–Crippen LogP) is 4.31. The number of fused-ring (bicyclic) bond motifs is 2. The standard InChI is InChI=1S/C23H16N4O2S/c28-21(13-27-14-24-17-9-3-2-8-16(17)23(27)29)25-18-10-4-1-7-15(18)22-26-19-11-5-6-12-20(19)30-22/h1-12,14H,13H2,(H,25,28). The lowest BCUT2D eigenvalue weighted by atomic mass is 10.2. The van der Waals surface area contributed by atoms with Crippen LogP contribution in [0.5, 0.6) is 0 Å². The average molecular weight is 412 g/mol.